The van der Waals surface area contributed by atoms with Gasteiger partial charge in [-0.1, -0.05) is 64.1 Å². The van der Waals surface area contributed by atoms with Crippen LogP contribution in [0.4, 0.5) is 5.69 Å². The molecule has 13 heteroatoms. The number of benzene rings is 3. The van der Waals surface area contributed by atoms with Gasteiger partial charge in [0.25, 0.3) is 17.7 Å². The summed E-state index contributed by atoms with van der Waals surface area (Å²) < 4.78 is 16.1. The Balaban J connectivity index is 1.48. The van der Waals surface area contributed by atoms with Gasteiger partial charge in [0.1, 0.15) is 11.8 Å². The van der Waals surface area contributed by atoms with Gasteiger partial charge < -0.3 is 19.1 Å². The predicted molar refractivity (Wildman–Crippen MR) is 142 cm³/mol. The topological polar surface area (TPSA) is 85.4 Å². The van der Waals surface area contributed by atoms with E-state index >= 15 is 0 Å². The second-order valence-corrected chi connectivity index (χ2v) is 10.4. The second-order valence-electron chi connectivity index (χ2n) is 8.52. The summed E-state index contributed by atoms with van der Waals surface area (Å²) in [4.78, 5) is 43.1. The minimum atomic E-state index is -1.24. The molecule has 38 heavy (non-hydrogen) atoms. The first-order valence-corrected chi connectivity index (χ1v) is 12.8. The molecule has 0 N–H and O–H groups in total. The summed E-state index contributed by atoms with van der Waals surface area (Å²) in [5, 5.41) is -0.498. The van der Waals surface area contributed by atoms with E-state index in [1.165, 1.54) is 12.0 Å². The van der Waals surface area contributed by atoms with Crippen molar-refractivity contribution < 1.29 is 28.6 Å². The van der Waals surface area contributed by atoms with Gasteiger partial charge in [0.15, 0.2) is 11.5 Å². The molecule has 0 radical (unpaired) electrons. The molecule has 2 unspecified atom stereocenters. The Hall–Kier alpha value is -2.88. The minimum absolute atomic E-state index is 0.0422. The van der Waals surface area contributed by atoms with Crippen molar-refractivity contribution in [1.29, 1.82) is 0 Å². The lowest BCUT2D eigenvalue weighted by Gasteiger charge is -2.49. The molecule has 0 aliphatic carbocycles. The molecular formula is C25H13Cl5N2O6. The lowest BCUT2D eigenvalue weighted by atomic mass is 9.86. The molecule has 194 valence electrons. The largest absolute Gasteiger partial charge is 0.495 e. The fourth-order valence-corrected chi connectivity index (χ4v) is 6.13. The number of carbonyl (C=O) groups excluding carboxylic acids is 3. The molecule has 8 nitrogen and oxygen atoms in total. The van der Waals surface area contributed by atoms with E-state index in [1.54, 1.807) is 36.4 Å². The number of carbonyl (C=O) groups is 3. The molecule has 1 saturated heterocycles. The third-order valence-corrected chi connectivity index (χ3v) is 8.73. The molecule has 0 spiro atoms. The van der Waals surface area contributed by atoms with E-state index < -0.39 is 29.8 Å². The summed E-state index contributed by atoms with van der Waals surface area (Å²) in [5.41, 5.74) is 0.590. The Kier molecular flexibility index (Phi) is 6.09. The maximum Gasteiger partial charge on any atom is 0.264 e. The fraction of sp³-hybridized carbons (Fsp3) is 0.160. The Labute approximate surface area is 240 Å². The highest BCUT2D eigenvalue weighted by Gasteiger charge is 2.58. The van der Waals surface area contributed by atoms with Crippen LogP contribution in [-0.2, 0) is 4.79 Å². The molecule has 0 bridgehead atoms. The first-order valence-electron chi connectivity index (χ1n) is 11.0. The number of nitrogens with zero attached hydrogens (tertiary/aromatic N) is 2. The van der Waals surface area contributed by atoms with Crippen molar-refractivity contribution in [3.8, 4) is 17.2 Å². The van der Waals surface area contributed by atoms with E-state index in [2.05, 4.69) is 0 Å². The maximum absolute atomic E-state index is 13.7. The van der Waals surface area contributed by atoms with Crippen molar-refractivity contribution in [3.05, 3.63) is 78.2 Å². The normalized spacial score (nSPS) is 19.7. The molecule has 2 atom stereocenters. The maximum atomic E-state index is 13.7. The van der Waals surface area contributed by atoms with E-state index in [-0.39, 0.29) is 43.0 Å². The van der Waals surface area contributed by atoms with E-state index in [0.717, 1.165) is 4.90 Å². The number of hydrogen-bond acceptors (Lipinski definition) is 6. The van der Waals surface area contributed by atoms with Crippen LogP contribution in [0.3, 0.4) is 0 Å². The van der Waals surface area contributed by atoms with Crippen molar-refractivity contribution in [1.82, 2.24) is 4.90 Å². The number of halogens is 5. The van der Waals surface area contributed by atoms with E-state index in [9.17, 15) is 14.4 Å². The summed E-state index contributed by atoms with van der Waals surface area (Å²) >= 11 is 31.2. The molecule has 3 aromatic carbocycles. The van der Waals surface area contributed by atoms with E-state index in [0.29, 0.717) is 28.5 Å². The zero-order valence-corrected chi connectivity index (χ0v) is 22.8. The highest BCUT2D eigenvalue weighted by Crippen LogP contribution is 2.50. The van der Waals surface area contributed by atoms with Gasteiger partial charge in [0, 0.05) is 5.69 Å². The summed E-state index contributed by atoms with van der Waals surface area (Å²) in [5.74, 6) is -0.761. The number of β-lactam (4-membered cyclic amide) rings is 1. The van der Waals surface area contributed by atoms with Gasteiger partial charge in [0.2, 0.25) is 6.79 Å². The summed E-state index contributed by atoms with van der Waals surface area (Å²) in [6, 6.07) is 7.87. The number of fused-ring (bicyclic) bond motifs is 2. The molecule has 0 aromatic heterocycles. The molecule has 6 rings (SSSR count). The average Bonchev–Trinajstić information content (AvgIpc) is 3.47. The van der Waals surface area contributed by atoms with Gasteiger partial charge in [-0.15, -0.1) is 0 Å². The molecule has 3 amide bonds. The number of anilines is 1. The Morgan fingerprint density at radius 1 is 0.763 bits per heavy atom. The van der Waals surface area contributed by atoms with Crippen molar-refractivity contribution in [2.75, 3.05) is 18.8 Å². The third-order valence-electron chi connectivity index (χ3n) is 6.63. The van der Waals surface area contributed by atoms with Crippen LogP contribution >= 0.6 is 58.0 Å². The van der Waals surface area contributed by atoms with Crippen molar-refractivity contribution in [2.24, 2.45) is 0 Å². The Bertz CT molecular complexity index is 1550. The molecule has 3 heterocycles. The first kappa shape index (κ1) is 25.4. The van der Waals surface area contributed by atoms with Crippen LogP contribution in [0, 0.1) is 0 Å². The van der Waals surface area contributed by atoms with Gasteiger partial charge in [-0.2, -0.15) is 0 Å². The molecule has 3 aliphatic rings. The van der Waals surface area contributed by atoms with Crippen LogP contribution in [-0.4, -0.2) is 42.6 Å². The molecule has 3 aliphatic heterocycles. The zero-order valence-electron chi connectivity index (χ0n) is 19.1. The smallest absolute Gasteiger partial charge is 0.264 e. The van der Waals surface area contributed by atoms with Crippen molar-refractivity contribution in [2.45, 2.75) is 12.1 Å². The number of ether oxygens (including phenoxy) is 3. The van der Waals surface area contributed by atoms with Gasteiger partial charge >= 0.3 is 0 Å². The fourth-order valence-electron chi connectivity index (χ4n) is 4.87. The number of hydrogen-bond donors (Lipinski definition) is 0. The van der Waals surface area contributed by atoms with Crippen LogP contribution in [0.15, 0.2) is 36.4 Å². The molecule has 1 fully saturated rings. The summed E-state index contributed by atoms with van der Waals surface area (Å²) in [6.45, 7) is 0.0422. The van der Waals surface area contributed by atoms with Crippen LogP contribution in [0.2, 0.25) is 25.1 Å². The van der Waals surface area contributed by atoms with Crippen LogP contribution < -0.4 is 19.1 Å². The summed E-state index contributed by atoms with van der Waals surface area (Å²) in [6.07, 6.45) is 0. The molecular weight excluding hydrogens is 602 g/mol. The highest BCUT2D eigenvalue weighted by atomic mass is 35.5. The van der Waals surface area contributed by atoms with Gasteiger partial charge in [-0.3, -0.25) is 19.3 Å². The quantitative estimate of drug-likeness (QED) is 0.146. The second kappa shape index (κ2) is 9.10. The van der Waals surface area contributed by atoms with E-state index in [4.69, 9.17) is 72.2 Å². The Morgan fingerprint density at radius 2 is 1.39 bits per heavy atom. The monoisotopic (exact) mass is 612 g/mol. The predicted octanol–water partition coefficient (Wildman–Crippen LogP) is 6.44. The number of methoxy groups -OCH3 is 1. The molecule has 0 saturated carbocycles. The Morgan fingerprint density at radius 3 is 2.00 bits per heavy atom. The van der Waals surface area contributed by atoms with Gasteiger partial charge in [-0.05, 0) is 35.9 Å². The van der Waals surface area contributed by atoms with Gasteiger partial charge in [0.05, 0.1) is 49.4 Å². The number of rotatable bonds is 4. The lowest BCUT2D eigenvalue weighted by Crippen LogP contribution is -2.67. The zero-order chi connectivity index (χ0) is 27.0. The average molecular weight is 615 g/mol. The van der Waals surface area contributed by atoms with Gasteiger partial charge in [-0.25, -0.2) is 0 Å². The lowest BCUT2D eigenvalue weighted by molar-refractivity contribution is -0.130. The van der Waals surface area contributed by atoms with Crippen molar-refractivity contribution >= 4 is 81.4 Å². The number of imide groups is 1. The van der Waals surface area contributed by atoms with Crippen LogP contribution in [0.5, 0.6) is 17.2 Å². The van der Waals surface area contributed by atoms with Crippen LogP contribution in [0.25, 0.3) is 0 Å². The highest BCUT2D eigenvalue weighted by molar-refractivity contribution is 6.55. The van der Waals surface area contributed by atoms with E-state index in [1.807, 2.05) is 0 Å². The minimum Gasteiger partial charge on any atom is -0.495 e. The number of amides is 3. The van der Waals surface area contributed by atoms with Crippen molar-refractivity contribution in [3.63, 3.8) is 0 Å². The SMILES string of the molecule is COc1ccc(N2C(=O)C(N3C(=O)c4c(Cl)c(Cl)c(Cl)c(Cl)c4C3=O)C2c2ccc3c(c2)OCO3)cc1Cl. The standard InChI is InChI=1S/C25H13Cl5N2O6/c1-36-12-5-3-10(7-11(12)26)31-21(9-2-4-13-14(6-9)38-8-37-13)22(25(31)35)32-23(33)15-16(24(32)34)18(28)20(30)19(29)17(15)27/h2-7,21-22H,8H2,1H3. The first-order chi connectivity index (χ1) is 18.1. The molecule has 3 aromatic rings. The van der Waals surface area contributed by atoms with Crippen LogP contribution in [0.1, 0.15) is 32.3 Å². The summed E-state index contributed by atoms with van der Waals surface area (Å²) in [7, 11) is 1.47. The third kappa shape index (κ3) is 3.48.